The van der Waals surface area contributed by atoms with Crippen LogP contribution in [0.15, 0.2) is 12.5 Å². The first kappa shape index (κ1) is 15.5. The third kappa shape index (κ3) is 3.35. The molecule has 2 heterocycles. The number of carbonyl (C=O) groups is 1. The predicted molar refractivity (Wildman–Crippen MR) is 86.3 cm³/mol. The quantitative estimate of drug-likeness (QED) is 0.836. The van der Waals surface area contributed by atoms with Gasteiger partial charge in [0, 0.05) is 33.3 Å². The molecule has 22 heavy (non-hydrogen) atoms. The minimum Gasteiger partial charge on any atom is -0.345 e. The molecule has 1 aliphatic carbocycles. The number of carbonyl (C=O) groups excluding carboxylic acids is 1. The van der Waals surface area contributed by atoms with Gasteiger partial charge in [-0.3, -0.25) is 9.69 Å². The molecule has 122 valence electrons. The second-order valence-electron chi connectivity index (χ2n) is 7.18. The monoisotopic (exact) mass is 304 g/mol. The van der Waals surface area contributed by atoms with Crippen LogP contribution in [0.2, 0.25) is 0 Å². The second-order valence-corrected chi connectivity index (χ2v) is 7.18. The van der Waals surface area contributed by atoms with E-state index in [-0.39, 0.29) is 0 Å². The molecule has 5 heteroatoms. The molecule has 1 aliphatic heterocycles. The van der Waals surface area contributed by atoms with Gasteiger partial charge in [0.15, 0.2) is 0 Å². The standard InChI is InChI=1S/C17H28N4O/c1-19-8-4-5-14(17(19)15-10-18-12-21(15)3)11-20(2)16(22)9-13-6-7-13/h10,12-14,17H,4-9,11H2,1-3H3/t14-,17+/m0/s1. The Morgan fingerprint density at radius 2 is 2.14 bits per heavy atom. The van der Waals surface area contributed by atoms with Gasteiger partial charge >= 0.3 is 0 Å². The third-order valence-electron chi connectivity index (χ3n) is 5.26. The summed E-state index contributed by atoms with van der Waals surface area (Å²) < 4.78 is 2.12. The largest absolute Gasteiger partial charge is 0.345 e. The van der Waals surface area contributed by atoms with Crippen LogP contribution in [0, 0.1) is 11.8 Å². The first-order chi connectivity index (χ1) is 10.6. The SMILES string of the molecule is CN(C[C@@H]1CCCN(C)[C@H]1c1cncn1C)C(=O)CC1CC1. The highest BCUT2D eigenvalue weighted by molar-refractivity contribution is 5.76. The van der Waals surface area contributed by atoms with E-state index in [1.54, 1.807) is 0 Å². The minimum absolute atomic E-state index is 0.319. The molecule has 0 radical (unpaired) electrons. The maximum absolute atomic E-state index is 12.3. The van der Waals surface area contributed by atoms with Gasteiger partial charge in [-0.25, -0.2) is 4.98 Å². The Hall–Kier alpha value is -1.36. The van der Waals surface area contributed by atoms with Crippen molar-refractivity contribution in [2.75, 3.05) is 27.2 Å². The van der Waals surface area contributed by atoms with Gasteiger partial charge in [-0.1, -0.05) is 0 Å². The lowest BCUT2D eigenvalue weighted by Crippen LogP contribution is -2.43. The summed E-state index contributed by atoms with van der Waals surface area (Å²) in [7, 11) is 6.22. The average Bonchev–Trinajstić information content (AvgIpc) is 3.19. The number of piperidine rings is 1. The number of hydrogen-bond acceptors (Lipinski definition) is 3. The number of aryl methyl sites for hydroxylation is 1. The zero-order valence-electron chi connectivity index (χ0n) is 14.0. The molecule has 0 bridgehead atoms. The van der Waals surface area contributed by atoms with E-state index in [4.69, 9.17) is 0 Å². The Morgan fingerprint density at radius 1 is 1.36 bits per heavy atom. The van der Waals surface area contributed by atoms with Crippen LogP contribution in [0.3, 0.4) is 0 Å². The summed E-state index contributed by atoms with van der Waals surface area (Å²) in [5.41, 5.74) is 1.26. The van der Waals surface area contributed by atoms with E-state index in [1.165, 1.54) is 31.4 Å². The van der Waals surface area contributed by atoms with E-state index in [2.05, 4.69) is 28.5 Å². The number of rotatable bonds is 5. The molecule has 0 N–H and O–H groups in total. The Balaban J connectivity index is 1.69. The molecule has 2 aliphatic rings. The van der Waals surface area contributed by atoms with Gasteiger partial charge < -0.3 is 9.47 Å². The van der Waals surface area contributed by atoms with Gasteiger partial charge in [0.1, 0.15) is 0 Å². The van der Waals surface area contributed by atoms with Crippen molar-refractivity contribution < 1.29 is 4.79 Å². The first-order valence-corrected chi connectivity index (χ1v) is 8.46. The lowest BCUT2D eigenvalue weighted by atomic mass is 9.87. The van der Waals surface area contributed by atoms with Gasteiger partial charge in [0.2, 0.25) is 5.91 Å². The molecule has 5 nitrogen and oxygen atoms in total. The van der Waals surface area contributed by atoms with Crippen molar-refractivity contribution in [1.29, 1.82) is 0 Å². The zero-order valence-corrected chi connectivity index (χ0v) is 14.0. The van der Waals surface area contributed by atoms with Crippen LogP contribution in [0.4, 0.5) is 0 Å². The van der Waals surface area contributed by atoms with Gasteiger partial charge in [0.05, 0.1) is 18.1 Å². The number of amides is 1. The molecule has 1 saturated carbocycles. The van der Waals surface area contributed by atoms with Crippen LogP contribution in [-0.2, 0) is 11.8 Å². The lowest BCUT2D eigenvalue weighted by molar-refractivity contribution is -0.131. The molecule has 1 saturated heterocycles. The molecule has 0 unspecified atom stereocenters. The van der Waals surface area contributed by atoms with Crippen molar-refractivity contribution in [3.8, 4) is 0 Å². The van der Waals surface area contributed by atoms with Crippen LogP contribution in [0.5, 0.6) is 0 Å². The number of nitrogens with zero attached hydrogens (tertiary/aromatic N) is 4. The van der Waals surface area contributed by atoms with Crippen LogP contribution < -0.4 is 0 Å². The van der Waals surface area contributed by atoms with Gasteiger partial charge in [-0.15, -0.1) is 0 Å². The minimum atomic E-state index is 0.319. The Morgan fingerprint density at radius 3 is 2.77 bits per heavy atom. The number of hydrogen-bond donors (Lipinski definition) is 0. The number of imidazole rings is 1. The summed E-state index contributed by atoms with van der Waals surface area (Å²) in [4.78, 5) is 21.0. The fourth-order valence-corrected chi connectivity index (χ4v) is 3.75. The highest BCUT2D eigenvalue weighted by atomic mass is 16.2. The van der Waals surface area contributed by atoms with Gasteiger partial charge in [-0.2, -0.15) is 0 Å². The van der Waals surface area contributed by atoms with E-state index in [1.807, 2.05) is 24.5 Å². The fraction of sp³-hybridized carbons (Fsp3) is 0.765. The van der Waals surface area contributed by atoms with E-state index >= 15 is 0 Å². The average molecular weight is 304 g/mol. The molecule has 2 atom stereocenters. The molecular weight excluding hydrogens is 276 g/mol. The molecule has 2 fully saturated rings. The lowest BCUT2D eigenvalue weighted by Gasteiger charge is -2.40. The van der Waals surface area contributed by atoms with Crippen molar-refractivity contribution in [3.63, 3.8) is 0 Å². The second kappa shape index (κ2) is 6.41. The smallest absolute Gasteiger partial charge is 0.222 e. The van der Waals surface area contributed by atoms with Crippen molar-refractivity contribution in [2.45, 2.75) is 38.1 Å². The number of aromatic nitrogens is 2. The Kier molecular flexibility index (Phi) is 4.52. The van der Waals surface area contributed by atoms with E-state index in [0.29, 0.717) is 23.8 Å². The maximum Gasteiger partial charge on any atom is 0.222 e. The van der Waals surface area contributed by atoms with E-state index < -0.39 is 0 Å². The van der Waals surface area contributed by atoms with Gasteiger partial charge in [-0.05, 0) is 51.1 Å². The summed E-state index contributed by atoms with van der Waals surface area (Å²) in [6.45, 7) is 1.97. The molecule has 3 rings (SSSR count). The fourth-order valence-electron chi connectivity index (χ4n) is 3.75. The van der Waals surface area contributed by atoms with Crippen molar-refractivity contribution in [2.24, 2.45) is 18.9 Å². The molecular formula is C17H28N4O. The summed E-state index contributed by atoms with van der Waals surface area (Å²) >= 11 is 0. The van der Waals surface area contributed by atoms with Crippen LogP contribution in [0.25, 0.3) is 0 Å². The molecule has 1 aromatic rings. The topological polar surface area (TPSA) is 41.4 Å². The van der Waals surface area contributed by atoms with Crippen LogP contribution in [-0.4, -0.2) is 52.4 Å². The zero-order chi connectivity index (χ0) is 15.7. The Labute approximate surface area is 133 Å². The highest BCUT2D eigenvalue weighted by Gasteiger charge is 2.34. The highest BCUT2D eigenvalue weighted by Crippen LogP contribution is 2.36. The molecule has 0 aromatic carbocycles. The first-order valence-electron chi connectivity index (χ1n) is 8.46. The summed E-state index contributed by atoms with van der Waals surface area (Å²) in [6.07, 6.45) is 9.46. The molecule has 0 spiro atoms. The third-order valence-corrected chi connectivity index (χ3v) is 5.26. The van der Waals surface area contributed by atoms with E-state index in [9.17, 15) is 4.79 Å². The van der Waals surface area contributed by atoms with Crippen LogP contribution in [0.1, 0.15) is 43.8 Å². The maximum atomic E-state index is 12.3. The van der Waals surface area contributed by atoms with Crippen molar-refractivity contribution in [3.05, 3.63) is 18.2 Å². The summed E-state index contributed by atoms with van der Waals surface area (Å²) in [5.74, 6) is 1.47. The Bertz CT molecular complexity index is 522. The summed E-state index contributed by atoms with van der Waals surface area (Å²) in [6, 6.07) is 0.359. The van der Waals surface area contributed by atoms with Crippen molar-refractivity contribution >= 4 is 5.91 Å². The number of likely N-dealkylation sites (tertiary alicyclic amines) is 1. The normalized spacial score (nSPS) is 26.1. The van der Waals surface area contributed by atoms with Crippen molar-refractivity contribution in [1.82, 2.24) is 19.4 Å². The predicted octanol–water partition coefficient (Wildman–Crippen LogP) is 2.06. The van der Waals surface area contributed by atoms with Gasteiger partial charge in [0.25, 0.3) is 0 Å². The molecule has 1 amide bonds. The molecule has 1 aromatic heterocycles. The van der Waals surface area contributed by atoms with E-state index in [0.717, 1.165) is 19.5 Å². The summed E-state index contributed by atoms with van der Waals surface area (Å²) in [5, 5.41) is 0. The van der Waals surface area contributed by atoms with Crippen LogP contribution >= 0.6 is 0 Å².